The van der Waals surface area contributed by atoms with Crippen LogP contribution in [0.5, 0.6) is 0 Å². The van der Waals surface area contributed by atoms with Gasteiger partial charge in [-0.25, -0.2) is 4.39 Å². The lowest BCUT2D eigenvalue weighted by Gasteiger charge is -2.11. The van der Waals surface area contributed by atoms with Crippen molar-refractivity contribution in [3.8, 4) is 0 Å². The lowest BCUT2D eigenvalue weighted by molar-refractivity contribution is 0.0945. The van der Waals surface area contributed by atoms with E-state index in [-0.39, 0.29) is 11.7 Å². The highest BCUT2D eigenvalue weighted by Crippen LogP contribution is 2.22. The summed E-state index contributed by atoms with van der Waals surface area (Å²) in [6.45, 7) is 3.06. The summed E-state index contributed by atoms with van der Waals surface area (Å²) in [6.07, 6.45) is 2.19. The molecule has 28 heavy (non-hydrogen) atoms. The van der Waals surface area contributed by atoms with Crippen LogP contribution in [-0.4, -0.2) is 17.0 Å². The van der Waals surface area contributed by atoms with Gasteiger partial charge in [0.2, 0.25) is 0 Å². The average molecular weight is 376 g/mol. The van der Waals surface area contributed by atoms with Gasteiger partial charge < -0.3 is 14.3 Å². The highest BCUT2D eigenvalue weighted by atomic mass is 19.1. The monoisotopic (exact) mass is 376 g/mol. The predicted molar refractivity (Wildman–Crippen MR) is 107 cm³/mol. The Morgan fingerprint density at radius 2 is 1.89 bits per heavy atom. The number of rotatable bonds is 6. The number of nitrogens with one attached hydrogen (secondary N) is 1. The van der Waals surface area contributed by atoms with Crippen molar-refractivity contribution in [3.05, 3.63) is 95.1 Å². The summed E-state index contributed by atoms with van der Waals surface area (Å²) in [5, 5.41) is 2.93. The predicted octanol–water partition coefficient (Wildman–Crippen LogP) is 4.70. The number of nitrogens with zero attached hydrogens (tertiary/aromatic N) is 1. The molecule has 1 N–H and O–H groups in total. The zero-order valence-corrected chi connectivity index (χ0v) is 15.6. The van der Waals surface area contributed by atoms with E-state index in [2.05, 4.69) is 29.6 Å². The molecule has 0 atom stereocenters. The number of fused-ring (bicyclic) bond motifs is 1. The van der Waals surface area contributed by atoms with Gasteiger partial charge in [0.1, 0.15) is 11.5 Å². The van der Waals surface area contributed by atoms with E-state index in [0.717, 1.165) is 16.6 Å². The fourth-order valence-corrected chi connectivity index (χ4v) is 3.32. The molecule has 0 aliphatic rings. The van der Waals surface area contributed by atoms with Crippen molar-refractivity contribution in [1.82, 2.24) is 9.88 Å². The van der Waals surface area contributed by atoms with Crippen molar-refractivity contribution in [2.45, 2.75) is 19.9 Å². The summed E-state index contributed by atoms with van der Waals surface area (Å²) in [5.41, 5.74) is 5.27. The van der Waals surface area contributed by atoms with Crippen LogP contribution < -0.4 is 5.32 Å². The molecule has 142 valence electrons. The molecule has 0 bridgehead atoms. The summed E-state index contributed by atoms with van der Waals surface area (Å²) >= 11 is 0. The zero-order valence-electron chi connectivity index (χ0n) is 15.6. The van der Waals surface area contributed by atoms with E-state index >= 15 is 0 Å². The smallest absolute Gasteiger partial charge is 0.268 e. The molecule has 0 aliphatic heterocycles. The van der Waals surface area contributed by atoms with Crippen LogP contribution in [-0.2, 0) is 13.0 Å². The molecule has 1 amide bonds. The van der Waals surface area contributed by atoms with Crippen LogP contribution in [0.15, 0.2) is 71.3 Å². The van der Waals surface area contributed by atoms with Gasteiger partial charge in [-0.05, 0) is 36.6 Å². The van der Waals surface area contributed by atoms with Crippen molar-refractivity contribution in [1.29, 1.82) is 0 Å². The number of furan rings is 1. The normalized spacial score (nSPS) is 11.1. The van der Waals surface area contributed by atoms with Crippen LogP contribution in [0.3, 0.4) is 0 Å². The number of carbonyl (C=O) groups is 1. The van der Waals surface area contributed by atoms with Crippen molar-refractivity contribution >= 4 is 17.0 Å². The van der Waals surface area contributed by atoms with Crippen molar-refractivity contribution < 1.29 is 13.6 Å². The number of aromatic nitrogens is 1. The zero-order chi connectivity index (χ0) is 19.5. The van der Waals surface area contributed by atoms with E-state index in [1.807, 2.05) is 23.6 Å². The molecule has 0 unspecified atom stereocenters. The van der Waals surface area contributed by atoms with Crippen LogP contribution in [0.4, 0.5) is 4.39 Å². The molecule has 0 radical (unpaired) electrons. The average Bonchev–Trinajstić information content (AvgIpc) is 3.26. The van der Waals surface area contributed by atoms with Gasteiger partial charge >= 0.3 is 0 Å². The van der Waals surface area contributed by atoms with Crippen molar-refractivity contribution in [2.75, 3.05) is 6.54 Å². The van der Waals surface area contributed by atoms with Crippen molar-refractivity contribution in [2.24, 2.45) is 0 Å². The maximum absolute atomic E-state index is 13.3. The molecule has 2 heterocycles. The highest BCUT2D eigenvalue weighted by molar-refractivity contribution is 5.97. The Hall–Kier alpha value is -3.34. The highest BCUT2D eigenvalue weighted by Gasteiger charge is 2.17. The SMILES string of the molecule is Cc1ccc(Cn2c(C(=O)NCCc3cccc(F)c3)cc3occc32)cc1. The fraction of sp³-hybridized carbons (Fsp3) is 0.174. The first-order valence-electron chi connectivity index (χ1n) is 9.25. The molecule has 2 aromatic heterocycles. The molecular formula is C23H21FN2O2. The minimum Gasteiger partial charge on any atom is -0.463 e. The third kappa shape index (κ3) is 3.83. The van der Waals surface area contributed by atoms with E-state index in [1.165, 1.54) is 17.7 Å². The lowest BCUT2D eigenvalue weighted by Crippen LogP contribution is -2.28. The number of halogens is 1. The third-order valence-electron chi connectivity index (χ3n) is 4.80. The number of benzene rings is 2. The Morgan fingerprint density at radius 3 is 2.68 bits per heavy atom. The van der Waals surface area contributed by atoms with Gasteiger partial charge in [0.15, 0.2) is 5.58 Å². The minimum atomic E-state index is -0.267. The lowest BCUT2D eigenvalue weighted by atomic mass is 10.1. The summed E-state index contributed by atoms with van der Waals surface area (Å²) in [7, 11) is 0. The number of carbonyl (C=O) groups excluding carboxylic acids is 1. The third-order valence-corrected chi connectivity index (χ3v) is 4.80. The number of aryl methyl sites for hydroxylation is 1. The summed E-state index contributed by atoms with van der Waals surface area (Å²) in [5.74, 6) is -0.439. The van der Waals surface area contributed by atoms with Gasteiger partial charge in [0, 0.05) is 25.2 Å². The fourth-order valence-electron chi connectivity index (χ4n) is 3.32. The minimum absolute atomic E-state index is 0.171. The molecule has 4 aromatic rings. The Morgan fingerprint density at radius 1 is 1.07 bits per heavy atom. The molecule has 0 saturated heterocycles. The first-order chi connectivity index (χ1) is 13.6. The van der Waals surface area contributed by atoms with Gasteiger partial charge in [0.05, 0.1) is 11.8 Å². The molecule has 5 heteroatoms. The second-order valence-electron chi connectivity index (χ2n) is 6.91. The van der Waals surface area contributed by atoms with E-state index in [9.17, 15) is 9.18 Å². The molecule has 0 fully saturated rings. The molecule has 0 aliphatic carbocycles. The van der Waals surface area contributed by atoms with Gasteiger partial charge in [-0.2, -0.15) is 0 Å². The Kier molecular flexibility index (Phi) is 4.98. The molecule has 0 spiro atoms. The standard InChI is InChI=1S/C23H21FN2O2/c1-16-5-7-18(8-6-16)15-26-20-10-12-28-22(20)14-21(26)23(27)25-11-9-17-3-2-4-19(24)13-17/h2-8,10,12-14H,9,11,15H2,1H3,(H,25,27). The van der Waals surface area contributed by atoms with Crippen LogP contribution in [0.1, 0.15) is 27.2 Å². The number of hydrogen-bond donors (Lipinski definition) is 1. The maximum Gasteiger partial charge on any atom is 0.268 e. The summed E-state index contributed by atoms with van der Waals surface area (Å²) in [4.78, 5) is 12.8. The van der Waals surface area contributed by atoms with E-state index in [4.69, 9.17) is 4.42 Å². The van der Waals surface area contributed by atoms with Gasteiger partial charge in [0.25, 0.3) is 5.91 Å². The number of amides is 1. The summed E-state index contributed by atoms with van der Waals surface area (Å²) < 4.78 is 20.7. The first-order valence-corrected chi connectivity index (χ1v) is 9.25. The van der Waals surface area contributed by atoms with Crippen LogP contribution in [0.2, 0.25) is 0 Å². The Balaban J connectivity index is 1.51. The van der Waals surface area contributed by atoms with Crippen LogP contribution in [0.25, 0.3) is 11.1 Å². The summed E-state index contributed by atoms with van der Waals surface area (Å²) in [6, 6.07) is 18.3. The topological polar surface area (TPSA) is 47.2 Å². The Bertz CT molecular complexity index is 1110. The molecule has 2 aromatic carbocycles. The maximum atomic E-state index is 13.3. The second kappa shape index (κ2) is 7.72. The van der Waals surface area contributed by atoms with Crippen LogP contribution >= 0.6 is 0 Å². The van der Waals surface area contributed by atoms with Gasteiger partial charge in [-0.1, -0.05) is 42.0 Å². The van der Waals surface area contributed by atoms with Gasteiger partial charge in [-0.15, -0.1) is 0 Å². The van der Waals surface area contributed by atoms with E-state index in [1.54, 1.807) is 18.4 Å². The van der Waals surface area contributed by atoms with Crippen LogP contribution in [0, 0.1) is 12.7 Å². The van der Waals surface area contributed by atoms with Gasteiger partial charge in [-0.3, -0.25) is 4.79 Å². The first kappa shape index (κ1) is 18.0. The number of hydrogen-bond acceptors (Lipinski definition) is 2. The largest absolute Gasteiger partial charge is 0.463 e. The second-order valence-corrected chi connectivity index (χ2v) is 6.91. The quantitative estimate of drug-likeness (QED) is 0.530. The van der Waals surface area contributed by atoms with Crippen molar-refractivity contribution in [3.63, 3.8) is 0 Å². The molecule has 0 saturated carbocycles. The van der Waals surface area contributed by atoms with E-state index in [0.29, 0.717) is 30.8 Å². The van der Waals surface area contributed by atoms with E-state index < -0.39 is 0 Å². The Labute approximate surface area is 162 Å². The molecule has 4 rings (SSSR count). The molecular weight excluding hydrogens is 355 g/mol. The molecule has 4 nitrogen and oxygen atoms in total.